The Morgan fingerprint density at radius 2 is 1.89 bits per heavy atom. The van der Waals surface area contributed by atoms with Crippen molar-refractivity contribution in [3.05, 3.63) is 64.8 Å². The molecule has 6 rings (SSSR count). The highest BCUT2D eigenvalue weighted by Gasteiger charge is 2.45. The van der Waals surface area contributed by atoms with Crippen LogP contribution >= 0.6 is 0 Å². The number of rotatable bonds is 4. The average molecular weight is 490 g/mol. The van der Waals surface area contributed by atoms with E-state index >= 15 is 0 Å². The predicted molar refractivity (Wildman–Crippen MR) is 131 cm³/mol. The zero-order valence-electron chi connectivity index (χ0n) is 20.2. The molecule has 3 atom stereocenters. The third kappa shape index (κ3) is 3.82. The molecule has 2 saturated heterocycles. The van der Waals surface area contributed by atoms with Gasteiger partial charge in [-0.1, -0.05) is 6.07 Å². The zero-order chi connectivity index (χ0) is 25.0. The summed E-state index contributed by atoms with van der Waals surface area (Å²) in [5.74, 6) is 0.883. The summed E-state index contributed by atoms with van der Waals surface area (Å²) in [5.41, 5.74) is 7.82. The molecule has 3 aromatic rings. The minimum atomic E-state index is -0.659. The first kappa shape index (κ1) is 22.4. The minimum Gasteiger partial charge on any atom is -0.454 e. The van der Waals surface area contributed by atoms with Gasteiger partial charge in [-0.25, -0.2) is 10.1 Å². The van der Waals surface area contributed by atoms with Crippen LogP contribution in [0.15, 0.2) is 42.5 Å². The first-order chi connectivity index (χ1) is 17.4. The molecule has 2 fully saturated rings. The average Bonchev–Trinajstić information content (AvgIpc) is 3.58. The van der Waals surface area contributed by atoms with Gasteiger partial charge in [-0.05, 0) is 62.2 Å². The second-order valence-electron chi connectivity index (χ2n) is 9.27. The number of hydrazine groups is 1. The van der Waals surface area contributed by atoms with Crippen molar-refractivity contribution in [2.24, 2.45) is 5.92 Å². The highest BCUT2D eigenvalue weighted by molar-refractivity contribution is 6.04. The van der Waals surface area contributed by atoms with Gasteiger partial charge in [0.05, 0.1) is 17.3 Å². The summed E-state index contributed by atoms with van der Waals surface area (Å²) in [6.45, 7) is 6.61. The van der Waals surface area contributed by atoms with E-state index in [1.807, 2.05) is 18.0 Å². The Morgan fingerprint density at radius 3 is 2.72 bits per heavy atom. The number of hydrogen-bond donors (Lipinski definition) is 4. The van der Waals surface area contributed by atoms with Crippen LogP contribution in [0.1, 0.15) is 33.5 Å². The van der Waals surface area contributed by atoms with Gasteiger partial charge in [0.2, 0.25) is 12.7 Å². The van der Waals surface area contributed by atoms with Gasteiger partial charge in [0.25, 0.3) is 5.91 Å². The van der Waals surface area contributed by atoms with Crippen molar-refractivity contribution >= 4 is 23.3 Å². The lowest BCUT2D eigenvalue weighted by Gasteiger charge is -2.37. The molecule has 11 nitrogen and oxygen atoms in total. The Hall–Kier alpha value is -4.09. The number of amides is 2. The van der Waals surface area contributed by atoms with Crippen molar-refractivity contribution in [1.29, 1.82) is 0 Å². The van der Waals surface area contributed by atoms with E-state index in [0.717, 1.165) is 5.69 Å². The smallest absolute Gasteiger partial charge is 0.256 e. The van der Waals surface area contributed by atoms with Crippen molar-refractivity contribution in [3.8, 4) is 11.5 Å². The molecule has 0 bridgehead atoms. The Labute approximate surface area is 207 Å². The molecule has 3 aliphatic heterocycles. The molecule has 1 aromatic heterocycles. The molecule has 11 heteroatoms. The van der Waals surface area contributed by atoms with Gasteiger partial charge in [-0.3, -0.25) is 19.9 Å². The van der Waals surface area contributed by atoms with Gasteiger partial charge in [0.1, 0.15) is 12.0 Å². The van der Waals surface area contributed by atoms with Crippen LogP contribution in [-0.4, -0.2) is 41.1 Å². The predicted octanol–water partition coefficient (Wildman–Crippen LogP) is 1.93. The summed E-state index contributed by atoms with van der Waals surface area (Å²) in [4.78, 5) is 26.1. The number of aryl methyl sites for hydroxylation is 3. The van der Waals surface area contributed by atoms with Crippen LogP contribution in [0.25, 0.3) is 0 Å². The monoisotopic (exact) mass is 489 g/mol. The number of anilines is 2. The topological polar surface area (TPSA) is 122 Å². The van der Waals surface area contributed by atoms with Gasteiger partial charge < -0.3 is 20.1 Å². The molecule has 3 aliphatic rings. The number of benzene rings is 2. The van der Waals surface area contributed by atoms with Crippen LogP contribution in [0.4, 0.5) is 11.5 Å². The summed E-state index contributed by atoms with van der Waals surface area (Å²) in [6, 6.07) is 13.0. The molecule has 0 spiro atoms. The normalized spacial score (nSPS) is 22.4. The van der Waals surface area contributed by atoms with Gasteiger partial charge >= 0.3 is 0 Å². The van der Waals surface area contributed by atoms with Crippen molar-refractivity contribution in [3.63, 3.8) is 0 Å². The van der Waals surface area contributed by atoms with Crippen LogP contribution < -0.4 is 35.9 Å². The fourth-order valence-corrected chi connectivity index (χ4v) is 4.75. The van der Waals surface area contributed by atoms with E-state index in [1.54, 1.807) is 28.9 Å². The number of carbonyl (C=O) groups excluding carboxylic acids is 2. The molecular formula is C25H27N7O4. The van der Waals surface area contributed by atoms with Crippen molar-refractivity contribution in [2.75, 3.05) is 23.7 Å². The maximum Gasteiger partial charge on any atom is 0.256 e. The number of ether oxygens (including phenoxy) is 2. The van der Waals surface area contributed by atoms with E-state index < -0.39 is 6.29 Å². The van der Waals surface area contributed by atoms with Crippen LogP contribution in [0.5, 0.6) is 11.5 Å². The molecule has 0 aliphatic carbocycles. The van der Waals surface area contributed by atoms with Crippen LogP contribution in [-0.2, 0) is 4.79 Å². The molecule has 4 N–H and O–H groups in total. The van der Waals surface area contributed by atoms with E-state index in [4.69, 9.17) is 9.47 Å². The minimum absolute atomic E-state index is 0.0937. The number of hydrogen-bond acceptors (Lipinski definition) is 8. The SMILES string of the molecule is Cc1cc(NC(=O)c2ccc3c(c2)OCO3)n(C2NC(=O)C3CNN(c4ccc(C)c(C)c4)C3N2)n1. The van der Waals surface area contributed by atoms with Crippen LogP contribution in [0.3, 0.4) is 0 Å². The number of fused-ring (bicyclic) bond motifs is 2. The van der Waals surface area contributed by atoms with Crippen LogP contribution in [0.2, 0.25) is 0 Å². The van der Waals surface area contributed by atoms with E-state index in [2.05, 4.69) is 52.5 Å². The lowest BCUT2D eigenvalue weighted by atomic mass is 10.0. The third-order valence-electron chi connectivity index (χ3n) is 6.83. The molecule has 36 heavy (non-hydrogen) atoms. The molecule has 4 heterocycles. The van der Waals surface area contributed by atoms with Crippen molar-refractivity contribution in [2.45, 2.75) is 33.2 Å². The largest absolute Gasteiger partial charge is 0.454 e. The molecular weight excluding hydrogens is 462 g/mol. The summed E-state index contributed by atoms with van der Waals surface area (Å²) in [6.07, 6.45) is -0.957. The first-order valence-electron chi connectivity index (χ1n) is 11.8. The van der Waals surface area contributed by atoms with Gasteiger partial charge in [-0.15, -0.1) is 0 Å². The fourth-order valence-electron chi connectivity index (χ4n) is 4.75. The zero-order valence-corrected chi connectivity index (χ0v) is 20.2. The highest BCUT2D eigenvalue weighted by Crippen LogP contribution is 2.33. The third-order valence-corrected chi connectivity index (χ3v) is 6.83. The molecule has 2 aromatic carbocycles. The standard InChI is InChI=1S/C25H27N7O4/c1-13-4-6-17(8-14(13)2)31-22-18(11-26-31)24(34)29-25(28-22)32-21(9-15(3)30-32)27-23(33)16-5-7-19-20(10-16)36-12-35-19/h4-10,18,22,25-26,28H,11-12H2,1-3H3,(H,27,33)(H,29,34). The second kappa shape index (κ2) is 8.54. The lowest BCUT2D eigenvalue weighted by molar-refractivity contribution is -0.129. The van der Waals surface area contributed by atoms with E-state index in [0.29, 0.717) is 35.1 Å². The lowest BCUT2D eigenvalue weighted by Crippen LogP contribution is -2.61. The van der Waals surface area contributed by atoms with E-state index in [1.165, 1.54) is 11.1 Å². The Morgan fingerprint density at radius 1 is 1.06 bits per heavy atom. The van der Waals surface area contributed by atoms with Gasteiger partial charge in [-0.2, -0.15) is 5.10 Å². The Kier molecular flexibility index (Phi) is 5.31. The van der Waals surface area contributed by atoms with Crippen molar-refractivity contribution < 1.29 is 19.1 Å². The summed E-state index contributed by atoms with van der Waals surface area (Å²) in [5, 5.41) is 15.9. The molecule has 186 valence electrons. The first-order valence-corrected chi connectivity index (χ1v) is 11.8. The summed E-state index contributed by atoms with van der Waals surface area (Å²) in [7, 11) is 0. The number of aromatic nitrogens is 2. The fraction of sp³-hybridized carbons (Fsp3) is 0.320. The number of nitrogens with zero attached hydrogens (tertiary/aromatic N) is 3. The van der Waals surface area contributed by atoms with E-state index in [9.17, 15) is 9.59 Å². The highest BCUT2D eigenvalue weighted by atomic mass is 16.7. The van der Waals surface area contributed by atoms with E-state index in [-0.39, 0.29) is 30.7 Å². The van der Waals surface area contributed by atoms with Crippen molar-refractivity contribution in [1.82, 2.24) is 25.8 Å². The number of nitrogens with one attached hydrogen (secondary N) is 4. The maximum atomic E-state index is 13.1. The summed E-state index contributed by atoms with van der Waals surface area (Å²) >= 11 is 0. The summed E-state index contributed by atoms with van der Waals surface area (Å²) < 4.78 is 12.3. The molecule has 0 saturated carbocycles. The second-order valence-corrected chi connectivity index (χ2v) is 9.27. The molecule has 0 radical (unpaired) electrons. The maximum absolute atomic E-state index is 13.1. The van der Waals surface area contributed by atoms with Gasteiger partial charge in [0.15, 0.2) is 17.8 Å². The molecule has 3 unspecified atom stereocenters. The number of carbonyl (C=O) groups is 2. The van der Waals surface area contributed by atoms with Gasteiger partial charge in [0, 0.05) is 18.2 Å². The quantitative estimate of drug-likeness (QED) is 0.439. The molecule has 2 amide bonds. The van der Waals surface area contributed by atoms with Crippen LogP contribution in [0, 0.1) is 26.7 Å². The Balaban J connectivity index is 1.25. The Bertz CT molecular complexity index is 1370.